The second-order valence-electron chi connectivity index (χ2n) is 4.08. The Bertz CT molecular complexity index is 408. The zero-order valence-corrected chi connectivity index (χ0v) is 10.2. The molecule has 1 saturated heterocycles. The molecule has 0 aliphatic carbocycles. The maximum absolute atomic E-state index is 11.6. The molecule has 0 aromatic heterocycles. The topological polar surface area (TPSA) is 41.1 Å². The normalized spacial score (nSPS) is 19.7. The third-order valence-electron chi connectivity index (χ3n) is 2.70. The highest BCUT2D eigenvalue weighted by molar-refractivity contribution is 6.30. The lowest BCUT2D eigenvalue weighted by Crippen LogP contribution is -2.34. The van der Waals surface area contributed by atoms with Crippen molar-refractivity contribution in [3.05, 3.63) is 40.9 Å². The van der Waals surface area contributed by atoms with Gasteiger partial charge in [-0.1, -0.05) is 23.7 Å². The van der Waals surface area contributed by atoms with Crippen LogP contribution in [0.4, 0.5) is 0 Å². The van der Waals surface area contributed by atoms with E-state index in [1.807, 2.05) is 12.1 Å². The first-order valence-corrected chi connectivity index (χ1v) is 6.07. The SMILES string of the molecule is O=C(C=Cc1ccc(Cl)cc1)NC1CCNC1. The Balaban J connectivity index is 1.86. The van der Waals surface area contributed by atoms with E-state index >= 15 is 0 Å². The lowest BCUT2D eigenvalue weighted by molar-refractivity contribution is -0.117. The van der Waals surface area contributed by atoms with Gasteiger partial charge in [-0.25, -0.2) is 0 Å². The van der Waals surface area contributed by atoms with Gasteiger partial charge >= 0.3 is 0 Å². The zero-order chi connectivity index (χ0) is 12.1. The standard InChI is InChI=1S/C13H15ClN2O/c14-11-4-1-10(2-5-11)3-6-13(17)16-12-7-8-15-9-12/h1-6,12,15H,7-9H2,(H,16,17). The Morgan fingerprint density at radius 2 is 2.18 bits per heavy atom. The van der Waals surface area contributed by atoms with Crippen molar-refractivity contribution >= 4 is 23.6 Å². The number of benzene rings is 1. The molecule has 1 aromatic rings. The van der Waals surface area contributed by atoms with Gasteiger partial charge in [0.15, 0.2) is 0 Å². The Morgan fingerprint density at radius 1 is 1.41 bits per heavy atom. The minimum absolute atomic E-state index is 0.0475. The average molecular weight is 251 g/mol. The van der Waals surface area contributed by atoms with Gasteiger partial charge in [0.1, 0.15) is 0 Å². The van der Waals surface area contributed by atoms with Crippen molar-refractivity contribution in [2.24, 2.45) is 0 Å². The summed E-state index contributed by atoms with van der Waals surface area (Å²) in [6.45, 7) is 1.84. The molecule has 0 spiro atoms. The van der Waals surface area contributed by atoms with Crippen LogP contribution >= 0.6 is 11.6 Å². The van der Waals surface area contributed by atoms with Gasteiger partial charge in [-0.3, -0.25) is 4.79 Å². The summed E-state index contributed by atoms with van der Waals surface area (Å²) in [6.07, 6.45) is 4.34. The molecule has 1 aliphatic rings. The van der Waals surface area contributed by atoms with Gasteiger partial charge in [-0.15, -0.1) is 0 Å². The second kappa shape index (κ2) is 5.84. The summed E-state index contributed by atoms with van der Waals surface area (Å²) in [4.78, 5) is 11.6. The van der Waals surface area contributed by atoms with Crippen molar-refractivity contribution < 1.29 is 4.79 Å². The number of carbonyl (C=O) groups excluding carboxylic acids is 1. The van der Waals surface area contributed by atoms with Crippen LogP contribution in [0.15, 0.2) is 30.3 Å². The number of hydrogen-bond donors (Lipinski definition) is 2. The number of rotatable bonds is 3. The van der Waals surface area contributed by atoms with Crippen LogP contribution < -0.4 is 10.6 Å². The number of amides is 1. The maximum atomic E-state index is 11.6. The minimum Gasteiger partial charge on any atom is -0.348 e. The van der Waals surface area contributed by atoms with Crippen LogP contribution in [0, 0.1) is 0 Å². The van der Waals surface area contributed by atoms with Crippen molar-refractivity contribution in [2.45, 2.75) is 12.5 Å². The summed E-state index contributed by atoms with van der Waals surface area (Å²) in [7, 11) is 0. The minimum atomic E-state index is -0.0475. The van der Waals surface area contributed by atoms with E-state index in [1.165, 1.54) is 0 Å². The Labute approximate surface area is 106 Å². The van der Waals surface area contributed by atoms with Gasteiger partial charge in [0.05, 0.1) is 0 Å². The van der Waals surface area contributed by atoms with Crippen molar-refractivity contribution in [3.8, 4) is 0 Å². The number of halogens is 1. The fourth-order valence-electron chi connectivity index (χ4n) is 1.77. The highest BCUT2D eigenvalue weighted by Gasteiger charge is 2.14. The van der Waals surface area contributed by atoms with E-state index in [0.29, 0.717) is 5.02 Å². The molecule has 17 heavy (non-hydrogen) atoms. The summed E-state index contributed by atoms with van der Waals surface area (Å²) < 4.78 is 0. The van der Waals surface area contributed by atoms with E-state index in [0.717, 1.165) is 25.1 Å². The molecule has 1 amide bonds. The first-order valence-electron chi connectivity index (χ1n) is 5.69. The average Bonchev–Trinajstić information content (AvgIpc) is 2.81. The van der Waals surface area contributed by atoms with Gasteiger partial charge in [-0.2, -0.15) is 0 Å². The van der Waals surface area contributed by atoms with Gasteiger partial charge in [-0.05, 0) is 36.7 Å². The summed E-state index contributed by atoms with van der Waals surface area (Å²) in [5.41, 5.74) is 0.967. The first-order chi connectivity index (χ1) is 8.24. The van der Waals surface area contributed by atoms with E-state index < -0.39 is 0 Å². The van der Waals surface area contributed by atoms with Gasteiger partial charge in [0.2, 0.25) is 5.91 Å². The lowest BCUT2D eigenvalue weighted by atomic mass is 10.2. The van der Waals surface area contributed by atoms with E-state index in [9.17, 15) is 4.79 Å². The predicted molar refractivity (Wildman–Crippen MR) is 69.9 cm³/mol. The maximum Gasteiger partial charge on any atom is 0.244 e. The van der Waals surface area contributed by atoms with Crippen LogP contribution in [-0.2, 0) is 4.79 Å². The van der Waals surface area contributed by atoms with Crippen LogP contribution in [0.2, 0.25) is 5.02 Å². The summed E-state index contributed by atoms with van der Waals surface area (Å²) in [5.74, 6) is -0.0475. The number of nitrogens with one attached hydrogen (secondary N) is 2. The molecular formula is C13H15ClN2O. The summed E-state index contributed by atoms with van der Waals surface area (Å²) in [5, 5.41) is 6.85. The summed E-state index contributed by atoms with van der Waals surface area (Å²) in [6, 6.07) is 7.63. The van der Waals surface area contributed by atoms with E-state index in [-0.39, 0.29) is 11.9 Å². The van der Waals surface area contributed by atoms with Crippen molar-refractivity contribution in [1.29, 1.82) is 0 Å². The van der Waals surface area contributed by atoms with Gasteiger partial charge in [0, 0.05) is 23.7 Å². The first kappa shape index (κ1) is 12.1. The second-order valence-corrected chi connectivity index (χ2v) is 4.52. The molecule has 2 rings (SSSR count). The fraction of sp³-hybridized carbons (Fsp3) is 0.308. The molecule has 4 heteroatoms. The highest BCUT2D eigenvalue weighted by Crippen LogP contribution is 2.10. The smallest absolute Gasteiger partial charge is 0.244 e. The molecule has 1 unspecified atom stereocenters. The van der Waals surface area contributed by atoms with Crippen LogP contribution in [0.3, 0.4) is 0 Å². The molecule has 1 aliphatic heterocycles. The van der Waals surface area contributed by atoms with E-state index in [2.05, 4.69) is 10.6 Å². The van der Waals surface area contributed by atoms with E-state index in [4.69, 9.17) is 11.6 Å². The predicted octanol–water partition coefficient (Wildman–Crippen LogP) is 1.83. The molecule has 0 radical (unpaired) electrons. The highest BCUT2D eigenvalue weighted by atomic mass is 35.5. The van der Waals surface area contributed by atoms with Crippen molar-refractivity contribution in [2.75, 3.05) is 13.1 Å². The fourth-order valence-corrected chi connectivity index (χ4v) is 1.90. The molecule has 1 heterocycles. The third kappa shape index (κ3) is 3.88. The van der Waals surface area contributed by atoms with Gasteiger partial charge in [0.25, 0.3) is 0 Å². The number of hydrogen-bond acceptors (Lipinski definition) is 2. The van der Waals surface area contributed by atoms with Crippen LogP contribution in [0.25, 0.3) is 6.08 Å². The molecule has 90 valence electrons. The van der Waals surface area contributed by atoms with Crippen molar-refractivity contribution in [3.63, 3.8) is 0 Å². The van der Waals surface area contributed by atoms with Crippen LogP contribution in [-0.4, -0.2) is 25.0 Å². The molecule has 2 N–H and O–H groups in total. The Hall–Kier alpha value is -1.32. The van der Waals surface area contributed by atoms with Crippen molar-refractivity contribution in [1.82, 2.24) is 10.6 Å². The zero-order valence-electron chi connectivity index (χ0n) is 9.45. The largest absolute Gasteiger partial charge is 0.348 e. The van der Waals surface area contributed by atoms with Crippen LogP contribution in [0.5, 0.6) is 0 Å². The molecule has 0 bridgehead atoms. The molecule has 0 saturated carbocycles. The molecule has 1 atom stereocenters. The van der Waals surface area contributed by atoms with Crippen LogP contribution in [0.1, 0.15) is 12.0 Å². The summed E-state index contributed by atoms with van der Waals surface area (Å²) >= 11 is 5.78. The van der Waals surface area contributed by atoms with E-state index in [1.54, 1.807) is 24.3 Å². The monoisotopic (exact) mass is 250 g/mol. The number of carbonyl (C=O) groups is 1. The molecule has 1 fully saturated rings. The Kier molecular flexibility index (Phi) is 4.18. The quantitative estimate of drug-likeness (QED) is 0.804. The molecular weight excluding hydrogens is 236 g/mol. The third-order valence-corrected chi connectivity index (χ3v) is 2.96. The van der Waals surface area contributed by atoms with Gasteiger partial charge < -0.3 is 10.6 Å². The Morgan fingerprint density at radius 3 is 2.82 bits per heavy atom. The molecule has 1 aromatic carbocycles. The lowest BCUT2D eigenvalue weighted by Gasteiger charge is -2.08. The molecule has 3 nitrogen and oxygen atoms in total.